The van der Waals surface area contributed by atoms with Crippen LogP contribution in [0.1, 0.15) is 48.6 Å². The van der Waals surface area contributed by atoms with Crippen molar-refractivity contribution in [2.75, 3.05) is 12.9 Å². The molecule has 0 atom stereocenters. The molecule has 0 unspecified atom stereocenters. The Labute approximate surface area is 168 Å². The molecule has 0 aliphatic heterocycles. The Bertz CT molecular complexity index is 913. The standard InChI is InChI=1S/C21H24N4O2S/c1-27-17-11-9-15(10-12-17)20-23-24-21(25(20)16-6-3-2-4-7-16)28-14-19(26)18-8-5-13-22-18/h5,8-13,16,22H,2-4,6-7,14H2,1H3. The number of ether oxygens (including phenoxy) is 1. The molecule has 0 amide bonds. The molecule has 1 N–H and O–H groups in total. The number of carbonyl (C=O) groups is 1. The third-order valence-corrected chi connectivity index (χ3v) is 6.13. The average Bonchev–Trinajstić information content (AvgIpc) is 3.43. The van der Waals surface area contributed by atoms with E-state index in [2.05, 4.69) is 19.7 Å². The van der Waals surface area contributed by atoms with E-state index in [4.69, 9.17) is 4.74 Å². The largest absolute Gasteiger partial charge is 0.497 e. The minimum absolute atomic E-state index is 0.0687. The fourth-order valence-electron chi connectivity index (χ4n) is 3.69. The number of methoxy groups -OCH3 is 1. The number of thioether (sulfide) groups is 1. The van der Waals surface area contributed by atoms with Crippen molar-refractivity contribution in [2.24, 2.45) is 0 Å². The van der Waals surface area contributed by atoms with Crippen LogP contribution in [-0.4, -0.2) is 38.4 Å². The Morgan fingerprint density at radius 1 is 1.18 bits per heavy atom. The predicted octanol–water partition coefficient (Wildman–Crippen LogP) is 4.76. The summed E-state index contributed by atoms with van der Waals surface area (Å²) in [5.41, 5.74) is 1.65. The van der Waals surface area contributed by atoms with Gasteiger partial charge < -0.3 is 9.72 Å². The Morgan fingerprint density at radius 3 is 2.64 bits per heavy atom. The minimum atomic E-state index is 0.0687. The molecule has 7 heteroatoms. The zero-order valence-corrected chi connectivity index (χ0v) is 16.7. The second kappa shape index (κ2) is 8.65. The third kappa shape index (κ3) is 3.99. The van der Waals surface area contributed by atoms with Crippen LogP contribution in [0.2, 0.25) is 0 Å². The maximum Gasteiger partial charge on any atom is 0.192 e. The van der Waals surface area contributed by atoms with Crippen LogP contribution in [0.3, 0.4) is 0 Å². The molecular weight excluding hydrogens is 372 g/mol. The number of H-pyrrole nitrogens is 1. The van der Waals surface area contributed by atoms with Crippen LogP contribution < -0.4 is 4.74 Å². The van der Waals surface area contributed by atoms with Crippen LogP contribution in [-0.2, 0) is 0 Å². The topological polar surface area (TPSA) is 72.8 Å². The fraction of sp³-hybridized carbons (Fsp3) is 0.381. The van der Waals surface area contributed by atoms with Gasteiger partial charge in [0.1, 0.15) is 5.75 Å². The second-order valence-corrected chi connectivity index (χ2v) is 7.93. The molecule has 0 bridgehead atoms. The summed E-state index contributed by atoms with van der Waals surface area (Å²) in [7, 11) is 1.66. The van der Waals surface area contributed by atoms with Crippen molar-refractivity contribution >= 4 is 17.5 Å². The molecule has 3 aromatic rings. The Balaban J connectivity index is 1.61. The van der Waals surface area contributed by atoms with Crippen LogP contribution in [0.5, 0.6) is 5.75 Å². The maximum absolute atomic E-state index is 12.4. The minimum Gasteiger partial charge on any atom is -0.497 e. The molecule has 28 heavy (non-hydrogen) atoms. The lowest BCUT2D eigenvalue weighted by molar-refractivity contribution is 0.101. The Kier molecular flexibility index (Phi) is 5.81. The highest BCUT2D eigenvalue weighted by atomic mass is 32.2. The average molecular weight is 397 g/mol. The van der Waals surface area contributed by atoms with Gasteiger partial charge in [-0.15, -0.1) is 10.2 Å². The number of benzene rings is 1. The number of hydrogen-bond donors (Lipinski definition) is 1. The van der Waals surface area contributed by atoms with Gasteiger partial charge in [0.2, 0.25) is 0 Å². The van der Waals surface area contributed by atoms with Crippen LogP contribution in [0.4, 0.5) is 0 Å². The number of Topliss-reactive ketones (excluding diaryl/α,β-unsaturated/α-hetero) is 1. The second-order valence-electron chi connectivity index (χ2n) is 6.99. The highest BCUT2D eigenvalue weighted by Gasteiger charge is 2.24. The summed E-state index contributed by atoms with van der Waals surface area (Å²) in [6.45, 7) is 0. The summed E-state index contributed by atoms with van der Waals surface area (Å²) in [5, 5.41) is 9.75. The van der Waals surface area contributed by atoms with E-state index < -0.39 is 0 Å². The van der Waals surface area contributed by atoms with E-state index in [9.17, 15) is 4.79 Å². The van der Waals surface area contributed by atoms with E-state index in [1.165, 1.54) is 31.0 Å². The molecule has 0 saturated heterocycles. The van der Waals surface area contributed by atoms with Gasteiger partial charge in [0.05, 0.1) is 18.6 Å². The molecule has 6 nitrogen and oxygen atoms in total. The molecule has 0 radical (unpaired) electrons. The Hall–Kier alpha value is -2.54. The van der Waals surface area contributed by atoms with E-state index >= 15 is 0 Å². The zero-order chi connectivity index (χ0) is 19.3. The van der Waals surface area contributed by atoms with Gasteiger partial charge in [0, 0.05) is 17.8 Å². The van der Waals surface area contributed by atoms with Crippen LogP contribution in [0.25, 0.3) is 11.4 Å². The summed E-state index contributed by atoms with van der Waals surface area (Å²) < 4.78 is 7.51. The van der Waals surface area contributed by atoms with Crippen molar-refractivity contribution in [3.63, 3.8) is 0 Å². The lowest BCUT2D eigenvalue weighted by atomic mass is 9.95. The fourth-order valence-corrected chi connectivity index (χ4v) is 4.58. The summed E-state index contributed by atoms with van der Waals surface area (Å²) in [4.78, 5) is 15.4. The highest BCUT2D eigenvalue weighted by molar-refractivity contribution is 7.99. The van der Waals surface area contributed by atoms with Gasteiger partial charge in [-0.2, -0.15) is 0 Å². The Morgan fingerprint density at radius 2 is 1.96 bits per heavy atom. The van der Waals surface area contributed by atoms with Gasteiger partial charge in [-0.3, -0.25) is 9.36 Å². The summed E-state index contributed by atoms with van der Waals surface area (Å²) in [6.07, 6.45) is 7.74. The van der Waals surface area contributed by atoms with Crippen molar-refractivity contribution in [3.8, 4) is 17.1 Å². The molecule has 2 aromatic heterocycles. The summed E-state index contributed by atoms with van der Waals surface area (Å²) >= 11 is 1.47. The monoisotopic (exact) mass is 396 g/mol. The molecule has 2 heterocycles. The van der Waals surface area contributed by atoms with E-state index in [1.54, 1.807) is 19.4 Å². The molecule has 1 aromatic carbocycles. The number of hydrogen-bond acceptors (Lipinski definition) is 5. The van der Waals surface area contributed by atoms with Gasteiger partial charge in [0.15, 0.2) is 16.8 Å². The predicted molar refractivity (Wildman–Crippen MR) is 110 cm³/mol. The van der Waals surface area contributed by atoms with E-state index in [-0.39, 0.29) is 5.78 Å². The van der Waals surface area contributed by atoms with Gasteiger partial charge in [-0.1, -0.05) is 31.0 Å². The number of rotatable bonds is 7. The number of nitrogens with one attached hydrogen (secondary N) is 1. The van der Waals surface area contributed by atoms with Crippen molar-refractivity contribution in [1.29, 1.82) is 0 Å². The number of ketones is 1. The van der Waals surface area contributed by atoms with Crippen LogP contribution >= 0.6 is 11.8 Å². The molecule has 4 rings (SSSR count). The van der Waals surface area contributed by atoms with Crippen LogP contribution in [0.15, 0.2) is 47.8 Å². The van der Waals surface area contributed by atoms with E-state index in [0.29, 0.717) is 17.5 Å². The molecule has 0 spiro atoms. The third-order valence-electron chi connectivity index (χ3n) is 5.18. The normalized spacial score (nSPS) is 14.9. The number of aromatic amines is 1. The lowest BCUT2D eigenvalue weighted by Gasteiger charge is -2.25. The first-order valence-electron chi connectivity index (χ1n) is 9.65. The summed E-state index contributed by atoms with van der Waals surface area (Å²) in [5.74, 6) is 2.09. The zero-order valence-electron chi connectivity index (χ0n) is 15.9. The van der Waals surface area contributed by atoms with Crippen molar-refractivity contribution < 1.29 is 9.53 Å². The molecule has 146 valence electrons. The first-order valence-corrected chi connectivity index (χ1v) is 10.6. The maximum atomic E-state index is 12.4. The highest BCUT2D eigenvalue weighted by Crippen LogP contribution is 2.36. The van der Waals surface area contributed by atoms with E-state index in [0.717, 1.165) is 35.1 Å². The molecular formula is C21H24N4O2S. The van der Waals surface area contributed by atoms with Crippen molar-refractivity contribution in [1.82, 2.24) is 19.7 Å². The van der Waals surface area contributed by atoms with Gasteiger partial charge in [0.25, 0.3) is 0 Å². The molecule has 1 aliphatic carbocycles. The molecule has 1 aliphatic rings. The SMILES string of the molecule is COc1ccc(-c2nnc(SCC(=O)c3ccc[nH]3)n2C2CCCCC2)cc1. The lowest BCUT2D eigenvalue weighted by Crippen LogP contribution is -2.15. The summed E-state index contributed by atoms with van der Waals surface area (Å²) in [6, 6.07) is 11.9. The number of nitrogens with zero attached hydrogens (tertiary/aromatic N) is 3. The smallest absolute Gasteiger partial charge is 0.192 e. The van der Waals surface area contributed by atoms with Crippen LogP contribution in [0, 0.1) is 0 Å². The number of carbonyl (C=O) groups excluding carboxylic acids is 1. The van der Waals surface area contributed by atoms with Crippen molar-refractivity contribution in [2.45, 2.75) is 43.3 Å². The first-order chi connectivity index (χ1) is 13.8. The molecule has 1 fully saturated rings. The van der Waals surface area contributed by atoms with Crippen molar-refractivity contribution in [3.05, 3.63) is 48.3 Å². The van der Waals surface area contributed by atoms with Gasteiger partial charge in [-0.25, -0.2) is 0 Å². The van der Waals surface area contributed by atoms with E-state index in [1.807, 2.05) is 30.3 Å². The molecule has 1 saturated carbocycles. The number of aromatic nitrogens is 4. The van der Waals surface area contributed by atoms with Gasteiger partial charge >= 0.3 is 0 Å². The quantitative estimate of drug-likeness (QED) is 0.460. The van der Waals surface area contributed by atoms with Gasteiger partial charge in [-0.05, 0) is 49.2 Å². The first kappa shape index (κ1) is 18.8.